The first-order chi connectivity index (χ1) is 17.6. The Kier molecular flexibility index (Phi) is 10.4. The van der Waals surface area contributed by atoms with Crippen LogP contribution in [0.5, 0.6) is 5.75 Å². The van der Waals surface area contributed by atoms with E-state index >= 15 is 0 Å². The van der Waals surface area contributed by atoms with Crippen LogP contribution in [0.1, 0.15) is 43.1 Å². The molecule has 1 saturated heterocycles. The Bertz CT molecular complexity index is 1110. The summed E-state index contributed by atoms with van der Waals surface area (Å²) in [4.78, 5) is 32.1. The summed E-state index contributed by atoms with van der Waals surface area (Å²) in [6.07, 6.45) is 4.51. The lowest BCUT2D eigenvalue weighted by Gasteiger charge is -2.36. The third-order valence-electron chi connectivity index (χ3n) is 6.31. The molecule has 1 heterocycles. The molecule has 0 radical (unpaired) electrons. The first kappa shape index (κ1) is 29.0. The van der Waals surface area contributed by atoms with Crippen molar-refractivity contribution in [2.45, 2.75) is 27.2 Å². The third kappa shape index (κ3) is 8.77. The van der Waals surface area contributed by atoms with Gasteiger partial charge >= 0.3 is 0 Å². The van der Waals surface area contributed by atoms with Crippen LogP contribution in [0, 0.1) is 5.41 Å². The highest BCUT2D eigenvalue weighted by Gasteiger charge is 2.25. The van der Waals surface area contributed by atoms with E-state index in [-0.39, 0.29) is 17.2 Å². The van der Waals surface area contributed by atoms with Gasteiger partial charge in [0, 0.05) is 63.4 Å². The van der Waals surface area contributed by atoms with Crippen LogP contribution in [0.25, 0.3) is 6.08 Å². The second kappa shape index (κ2) is 13.3. The van der Waals surface area contributed by atoms with Gasteiger partial charge in [0.2, 0.25) is 5.91 Å². The molecule has 8 heteroatoms. The largest absolute Gasteiger partial charge is 0.496 e. The molecule has 0 unspecified atom stereocenters. The molecule has 200 valence electrons. The SMILES string of the molecule is COc1ccccc1C=CCN(CCN1CCN(C(=O)c2ccc(Cl)c(Cl)c2)CC1)C(=O)CC(C)(C)C. The molecule has 1 aliphatic rings. The van der Waals surface area contributed by atoms with Crippen LogP contribution < -0.4 is 4.74 Å². The highest BCUT2D eigenvalue weighted by Crippen LogP contribution is 2.24. The van der Waals surface area contributed by atoms with Gasteiger partial charge in [-0.2, -0.15) is 0 Å². The average molecular weight is 547 g/mol. The maximum Gasteiger partial charge on any atom is 0.253 e. The van der Waals surface area contributed by atoms with E-state index in [1.807, 2.05) is 46.2 Å². The zero-order chi connectivity index (χ0) is 27.0. The fourth-order valence-electron chi connectivity index (χ4n) is 4.24. The van der Waals surface area contributed by atoms with Crippen LogP contribution in [0.3, 0.4) is 0 Å². The van der Waals surface area contributed by atoms with E-state index in [4.69, 9.17) is 27.9 Å². The van der Waals surface area contributed by atoms with Crippen LogP contribution in [0.15, 0.2) is 48.5 Å². The molecule has 1 fully saturated rings. The van der Waals surface area contributed by atoms with Gasteiger partial charge in [0.25, 0.3) is 5.91 Å². The van der Waals surface area contributed by atoms with E-state index in [2.05, 4.69) is 25.7 Å². The molecule has 1 aliphatic heterocycles. The van der Waals surface area contributed by atoms with Gasteiger partial charge < -0.3 is 14.5 Å². The molecule has 0 N–H and O–H groups in total. The van der Waals surface area contributed by atoms with Crippen molar-refractivity contribution in [1.29, 1.82) is 0 Å². The van der Waals surface area contributed by atoms with Crippen LogP contribution in [-0.2, 0) is 4.79 Å². The standard InChI is InChI=1S/C29H37Cl2N3O3/c1-29(2,3)21-27(35)33(13-7-9-22-8-5-6-10-26(22)37-4)17-14-32-15-18-34(19-16-32)28(36)23-11-12-24(30)25(31)20-23/h5-12,20H,13-19,21H2,1-4H3. The molecule has 3 rings (SSSR count). The highest BCUT2D eigenvalue weighted by atomic mass is 35.5. The van der Waals surface area contributed by atoms with Gasteiger partial charge in [0.1, 0.15) is 5.75 Å². The van der Waals surface area contributed by atoms with E-state index in [0.717, 1.165) is 30.9 Å². The maximum absolute atomic E-state index is 13.1. The summed E-state index contributed by atoms with van der Waals surface area (Å²) in [5, 5.41) is 0.817. The van der Waals surface area contributed by atoms with Crippen molar-refractivity contribution in [1.82, 2.24) is 14.7 Å². The number of halogens is 2. The molecular weight excluding hydrogens is 509 g/mol. The van der Waals surface area contributed by atoms with Crippen molar-refractivity contribution in [3.8, 4) is 5.75 Å². The second-order valence-corrected chi connectivity index (χ2v) is 11.3. The van der Waals surface area contributed by atoms with Crippen molar-refractivity contribution < 1.29 is 14.3 Å². The molecule has 2 aromatic rings. The summed E-state index contributed by atoms with van der Waals surface area (Å²) in [5.74, 6) is 0.909. The minimum absolute atomic E-state index is 0.0401. The van der Waals surface area contributed by atoms with Gasteiger partial charge in [-0.1, -0.05) is 74.3 Å². The summed E-state index contributed by atoms with van der Waals surface area (Å²) in [7, 11) is 1.66. The fourth-order valence-corrected chi connectivity index (χ4v) is 4.54. The number of methoxy groups -OCH3 is 1. The number of hydrogen-bond acceptors (Lipinski definition) is 4. The smallest absolute Gasteiger partial charge is 0.253 e. The minimum Gasteiger partial charge on any atom is -0.496 e. The van der Waals surface area contributed by atoms with E-state index in [1.165, 1.54) is 0 Å². The van der Waals surface area contributed by atoms with Crippen LogP contribution >= 0.6 is 23.2 Å². The second-order valence-electron chi connectivity index (χ2n) is 10.5. The molecule has 6 nitrogen and oxygen atoms in total. The Labute approximate surface area is 230 Å². The Hall–Kier alpha value is -2.54. The van der Waals surface area contributed by atoms with E-state index in [0.29, 0.717) is 48.2 Å². The zero-order valence-corrected chi connectivity index (χ0v) is 23.7. The van der Waals surface area contributed by atoms with Gasteiger partial charge in [0.05, 0.1) is 17.2 Å². The first-order valence-electron chi connectivity index (χ1n) is 12.6. The monoisotopic (exact) mass is 545 g/mol. The number of ether oxygens (including phenoxy) is 1. The molecule has 0 bridgehead atoms. The number of piperazine rings is 1. The van der Waals surface area contributed by atoms with Crippen LogP contribution in [0.2, 0.25) is 10.0 Å². The van der Waals surface area contributed by atoms with Crippen molar-refractivity contribution in [2.75, 3.05) is 52.9 Å². The van der Waals surface area contributed by atoms with Crippen molar-refractivity contribution in [3.05, 3.63) is 69.7 Å². The van der Waals surface area contributed by atoms with Gasteiger partial charge in [-0.05, 0) is 29.7 Å². The number of carbonyl (C=O) groups is 2. The Morgan fingerprint density at radius 1 is 1.03 bits per heavy atom. The topological polar surface area (TPSA) is 53.1 Å². The fraction of sp³-hybridized carbons (Fsp3) is 0.448. The molecule has 0 aliphatic carbocycles. The Morgan fingerprint density at radius 3 is 2.38 bits per heavy atom. The maximum atomic E-state index is 13.1. The number of nitrogens with zero attached hydrogens (tertiary/aromatic N) is 3. The van der Waals surface area contributed by atoms with Gasteiger partial charge in [0.15, 0.2) is 0 Å². The number of benzene rings is 2. The predicted molar refractivity (Wildman–Crippen MR) is 151 cm³/mol. The van der Waals surface area contributed by atoms with E-state index in [1.54, 1.807) is 25.3 Å². The Morgan fingerprint density at radius 2 is 1.73 bits per heavy atom. The summed E-state index contributed by atoms with van der Waals surface area (Å²) in [6.45, 7) is 10.9. The molecule has 0 spiro atoms. The summed E-state index contributed by atoms with van der Waals surface area (Å²) >= 11 is 12.1. The molecule has 0 atom stereocenters. The lowest BCUT2D eigenvalue weighted by Crippen LogP contribution is -2.50. The molecule has 37 heavy (non-hydrogen) atoms. The van der Waals surface area contributed by atoms with Crippen molar-refractivity contribution in [2.24, 2.45) is 5.41 Å². The summed E-state index contributed by atoms with van der Waals surface area (Å²) in [6, 6.07) is 12.8. The van der Waals surface area contributed by atoms with Gasteiger partial charge in [-0.3, -0.25) is 14.5 Å². The molecular formula is C29H37Cl2N3O3. The quantitative estimate of drug-likeness (QED) is 0.403. The lowest BCUT2D eigenvalue weighted by molar-refractivity contribution is -0.132. The normalized spacial score (nSPS) is 14.7. The summed E-state index contributed by atoms with van der Waals surface area (Å²) < 4.78 is 5.43. The first-order valence-corrected chi connectivity index (χ1v) is 13.4. The zero-order valence-electron chi connectivity index (χ0n) is 22.2. The minimum atomic E-state index is -0.0851. The molecule has 2 amide bonds. The lowest BCUT2D eigenvalue weighted by atomic mass is 9.91. The predicted octanol–water partition coefficient (Wildman–Crippen LogP) is 5.74. The molecule has 0 aromatic heterocycles. The number of amides is 2. The van der Waals surface area contributed by atoms with Crippen LogP contribution in [0.4, 0.5) is 0 Å². The van der Waals surface area contributed by atoms with Crippen molar-refractivity contribution >= 4 is 41.1 Å². The van der Waals surface area contributed by atoms with Gasteiger partial charge in [-0.25, -0.2) is 0 Å². The average Bonchev–Trinajstić information content (AvgIpc) is 2.86. The van der Waals surface area contributed by atoms with Gasteiger partial charge in [-0.15, -0.1) is 0 Å². The van der Waals surface area contributed by atoms with Crippen LogP contribution in [-0.4, -0.2) is 79.4 Å². The third-order valence-corrected chi connectivity index (χ3v) is 7.05. The molecule has 2 aromatic carbocycles. The number of rotatable bonds is 9. The molecule has 0 saturated carbocycles. The number of carbonyl (C=O) groups excluding carboxylic acids is 2. The highest BCUT2D eigenvalue weighted by molar-refractivity contribution is 6.42. The van der Waals surface area contributed by atoms with Crippen molar-refractivity contribution in [3.63, 3.8) is 0 Å². The van der Waals surface area contributed by atoms with E-state index in [9.17, 15) is 9.59 Å². The number of hydrogen-bond donors (Lipinski definition) is 0. The van der Waals surface area contributed by atoms with E-state index < -0.39 is 0 Å². The Balaban J connectivity index is 1.57. The summed E-state index contributed by atoms with van der Waals surface area (Å²) in [5.41, 5.74) is 1.44. The number of para-hydroxylation sites is 1.